The van der Waals surface area contributed by atoms with Gasteiger partial charge in [0.1, 0.15) is 11.1 Å². The standard InChI is InChI=1S/C15H25N3O2S.2ClH/c1-5-20-11(3)14-17-13(9-21-14)8-18(4)15(19)10(2)12-6-16-7-12;;/h9-12,16H,5-8H2,1-4H3;2*1H. The van der Waals surface area contributed by atoms with Crippen LogP contribution in [-0.4, -0.2) is 42.5 Å². The van der Waals surface area contributed by atoms with Crippen LogP contribution in [0.1, 0.15) is 37.6 Å². The van der Waals surface area contributed by atoms with E-state index >= 15 is 0 Å². The smallest absolute Gasteiger partial charge is 0.225 e. The molecule has 134 valence electrons. The highest BCUT2D eigenvalue weighted by molar-refractivity contribution is 7.09. The van der Waals surface area contributed by atoms with E-state index in [4.69, 9.17) is 4.74 Å². The Labute approximate surface area is 155 Å². The molecule has 1 aliphatic heterocycles. The number of rotatable bonds is 7. The molecule has 1 aliphatic rings. The van der Waals surface area contributed by atoms with Gasteiger partial charge in [0.25, 0.3) is 0 Å². The molecule has 2 rings (SSSR count). The maximum atomic E-state index is 12.4. The Morgan fingerprint density at radius 1 is 1.48 bits per heavy atom. The lowest BCUT2D eigenvalue weighted by Crippen LogP contribution is -2.49. The fourth-order valence-corrected chi connectivity index (χ4v) is 3.25. The van der Waals surface area contributed by atoms with Crippen molar-refractivity contribution in [2.24, 2.45) is 11.8 Å². The topological polar surface area (TPSA) is 54.5 Å². The number of hydrogen-bond acceptors (Lipinski definition) is 5. The summed E-state index contributed by atoms with van der Waals surface area (Å²) in [5.41, 5.74) is 0.941. The number of hydrogen-bond donors (Lipinski definition) is 1. The first kappa shape index (κ1) is 22.6. The van der Waals surface area contributed by atoms with E-state index in [1.54, 1.807) is 16.2 Å². The minimum Gasteiger partial charge on any atom is -0.372 e. The molecule has 0 bridgehead atoms. The molecule has 1 aromatic rings. The van der Waals surface area contributed by atoms with E-state index in [0.717, 1.165) is 23.8 Å². The molecule has 0 saturated carbocycles. The summed E-state index contributed by atoms with van der Waals surface area (Å²) in [6.45, 7) is 9.16. The number of ether oxygens (including phenoxy) is 1. The normalized spacial score (nSPS) is 16.5. The van der Waals surface area contributed by atoms with Crippen LogP contribution in [0.25, 0.3) is 0 Å². The van der Waals surface area contributed by atoms with Crippen LogP contribution >= 0.6 is 36.2 Å². The molecule has 0 radical (unpaired) electrons. The van der Waals surface area contributed by atoms with E-state index in [1.165, 1.54) is 0 Å². The van der Waals surface area contributed by atoms with Gasteiger partial charge in [-0.05, 0) is 32.9 Å². The van der Waals surface area contributed by atoms with Crippen LogP contribution in [0.15, 0.2) is 5.38 Å². The summed E-state index contributed by atoms with van der Waals surface area (Å²) in [7, 11) is 1.86. The van der Waals surface area contributed by atoms with Crippen molar-refractivity contribution in [2.45, 2.75) is 33.4 Å². The third-order valence-electron chi connectivity index (χ3n) is 4.02. The molecule has 0 spiro atoms. The SMILES string of the molecule is CCOC(C)c1nc(CN(C)C(=O)C(C)C2CNC2)cs1.Cl.Cl. The van der Waals surface area contributed by atoms with Gasteiger partial charge in [-0.1, -0.05) is 6.92 Å². The summed E-state index contributed by atoms with van der Waals surface area (Å²) in [6.07, 6.45) is 0.0229. The molecule has 5 nitrogen and oxygen atoms in total. The van der Waals surface area contributed by atoms with Crippen molar-refractivity contribution < 1.29 is 9.53 Å². The van der Waals surface area contributed by atoms with Crippen molar-refractivity contribution in [3.63, 3.8) is 0 Å². The third kappa shape index (κ3) is 5.87. The second-order valence-electron chi connectivity index (χ2n) is 5.68. The number of carbonyl (C=O) groups is 1. The zero-order chi connectivity index (χ0) is 15.4. The van der Waals surface area contributed by atoms with Crippen LogP contribution in [0.3, 0.4) is 0 Å². The van der Waals surface area contributed by atoms with Gasteiger partial charge < -0.3 is 15.0 Å². The Bertz CT molecular complexity index is 483. The molecule has 0 aliphatic carbocycles. The van der Waals surface area contributed by atoms with Crippen LogP contribution < -0.4 is 5.32 Å². The molecule has 0 aromatic carbocycles. The first-order chi connectivity index (χ1) is 10.0. The highest BCUT2D eigenvalue weighted by Crippen LogP contribution is 2.23. The van der Waals surface area contributed by atoms with Crippen molar-refractivity contribution in [3.8, 4) is 0 Å². The lowest BCUT2D eigenvalue weighted by atomic mass is 9.88. The van der Waals surface area contributed by atoms with E-state index < -0.39 is 0 Å². The summed E-state index contributed by atoms with van der Waals surface area (Å²) < 4.78 is 5.55. The van der Waals surface area contributed by atoms with E-state index in [2.05, 4.69) is 10.3 Å². The molecule has 2 heterocycles. The zero-order valence-electron chi connectivity index (χ0n) is 14.1. The molecular formula is C15H27Cl2N3O2S. The summed E-state index contributed by atoms with van der Waals surface area (Å²) in [5.74, 6) is 0.759. The van der Waals surface area contributed by atoms with Crippen LogP contribution in [-0.2, 0) is 16.1 Å². The van der Waals surface area contributed by atoms with Gasteiger partial charge in [0, 0.05) is 25.0 Å². The van der Waals surface area contributed by atoms with E-state index in [0.29, 0.717) is 19.1 Å². The molecule has 8 heteroatoms. The Morgan fingerprint density at radius 2 is 2.13 bits per heavy atom. The van der Waals surface area contributed by atoms with Crippen molar-refractivity contribution in [1.29, 1.82) is 0 Å². The number of aromatic nitrogens is 1. The monoisotopic (exact) mass is 383 g/mol. The highest BCUT2D eigenvalue weighted by Gasteiger charge is 2.30. The molecule has 2 atom stereocenters. The fraction of sp³-hybridized carbons (Fsp3) is 0.733. The molecule has 1 aromatic heterocycles. The molecular weight excluding hydrogens is 357 g/mol. The highest BCUT2D eigenvalue weighted by atomic mass is 35.5. The average molecular weight is 384 g/mol. The van der Waals surface area contributed by atoms with E-state index in [9.17, 15) is 4.79 Å². The van der Waals surface area contributed by atoms with Crippen LogP contribution in [0.2, 0.25) is 0 Å². The van der Waals surface area contributed by atoms with Gasteiger partial charge in [0.15, 0.2) is 0 Å². The second-order valence-corrected chi connectivity index (χ2v) is 6.57. The number of carbonyl (C=O) groups excluding carboxylic acids is 1. The lowest BCUT2D eigenvalue weighted by Gasteiger charge is -2.33. The maximum absolute atomic E-state index is 12.4. The van der Waals surface area contributed by atoms with Gasteiger partial charge in [-0.15, -0.1) is 36.2 Å². The van der Waals surface area contributed by atoms with E-state index in [1.807, 2.05) is 33.2 Å². The number of halogens is 2. The first-order valence-corrected chi connectivity index (χ1v) is 8.42. The summed E-state index contributed by atoms with van der Waals surface area (Å²) in [4.78, 5) is 18.7. The Balaban J connectivity index is 0.00000242. The number of thiazole rings is 1. The predicted molar refractivity (Wildman–Crippen MR) is 98.6 cm³/mol. The Hall–Kier alpha value is -0.400. The van der Waals surface area contributed by atoms with E-state index in [-0.39, 0.29) is 42.7 Å². The number of amides is 1. The van der Waals surface area contributed by atoms with Gasteiger partial charge >= 0.3 is 0 Å². The van der Waals surface area contributed by atoms with Gasteiger partial charge in [-0.25, -0.2) is 4.98 Å². The lowest BCUT2D eigenvalue weighted by molar-refractivity contribution is -0.136. The van der Waals surface area contributed by atoms with Gasteiger partial charge in [0.05, 0.1) is 12.2 Å². The van der Waals surface area contributed by atoms with Crippen molar-refractivity contribution in [3.05, 3.63) is 16.1 Å². The second kappa shape index (κ2) is 10.5. The Kier molecular flexibility index (Phi) is 10.3. The van der Waals surface area contributed by atoms with Crippen molar-refractivity contribution in [2.75, 3.05) is 26.7 Å². The largest absolute Gasteiger partial charge is 0.372 e. The predicted octanol–water partition coefficient (Wildman–Crippen LogP) is 2.90. The third-order valence-corrected chi connectivity index (χ3v) is 5.07. The Morgan fingerprint density at radius 3 is 2.65 bits per heavy atom. The van der Waals surface area contributed by atoms with Crippen LogP contribution in [0, 0.1) is 11.8 Å². The fourth-order valence-electron chi connectivity index (χ4n) is 2.44. The number of nitrogens with one attached hydrogen (secondary N) is 1. The molecule has 1 saturated heterocycles. The molecule has 1 fully saturated rings. The van der Waals surface area contributed by atoms with Gasteiger partial charge in [-0.3, -0.25) is 4.79 Å². The van der Waals surface area contributed by atoms with Gasteiger partial charge in [0.2, 0.25) is 5.91 Å². The quantitative estimate of drug-likeness (QED) is 0.786. The average Bonchev–Trinajstić information content (AvgIpc) is 2.84. The van der Waals surface area contributed by atoms with Crippen LogP contribution in [0.4, 0.5) is 0 Å². The van der Waals surface area contributed by atoms with Crippen molar-refractivity contribution >= 4 is 42.1 Å². The molecule has 1 N–H and O–H groups in total. The van der Waals surface area contributed by atoms with Gasteiger partial charge in [-0.2, -0.15) is 0 Å². The molecule has 1 amide bonds. The molecule has 2 unspecified atom stereocenters. The maximum Gasteiger partial charge on any atom is 0.225 e. The summed E-state index contributed by atoms with van der Waals surface area (Å²) in [5, 5.41) is 6.21. The number of nitrogens with zero attached hydrogens (tertiary/aromatic N) is 2. The summed E-state index contributed by atoms with van der Waals surface area (Å²) in [6, 6.07) is 0. The summed E-state index contributed by atoms with van der Waals surface area (Å²) >= 11 is 1.60. The minimum atomic E-state index is 0. The zero-order valence-corrected chi connectivity index (χ0v) is 16.5. The minimum absolute atomic E-state index is 0. The molecule has 23 heavy (non-hydrogen) atoms. The first-order valence-electron chi connectivity index (χ1n) is 7.54. The van der Waals surface area contributed by atoms with Crippen LogP contribution in [0.5, 0.6) is 0 Å². The van der Waals surface area contributed by atoms with Crippen molar-refractivity contribution in [1.82, 2.24) is 15.2 Å².